The zero-order valence-corrected chi connectivity index (χ0v) is 23.9. The number of cyclic esters (lactones) is 1. The summed E-state index contributed by atoms with van der Waals surface area (Å²) in [7, 11) is 1.46. The van der Waals surface area contributed by atoms with E-state index < -0.39 is 58.2 Å². The lowest BCUT2D eigenvalue weighted by Gasteiger charge is -2.54. The van der Waals surface area contributed by atoms with Crippen LogP contribution in [0.2, 0.25) is 0 Å². The Morgan fingerprint density at radius 3 is 2.46 bits per heavy atom. The number of Topliss-reactive ketones (excluding diaryl/α,β-unsaturated/α-hetero) is 1. The Labute approximate surface area is 229 Å². The van der Waals surface area contributed by atoms with Gasteiger partial charge in [0.15, 0.2) is 5.76 Å². The summed E-state index contributed by atoms with van der Waals surface area (Å²) in [5.41, 5.74) is -1.65. The molecule has 0 bridgehead atoms. The number of nitrogens with zero attached hydrogens (tertiary/aromatic N) is 1. The number of methoxy groups -OCH3 is 1. The fourth-order valence-electron chi connectivity index (χ4n) is 7.13. The van der Waals surface area contributed by atoms with Crippen LogP contribution in [0.25, 0.3) is 0 Å². The number of carbonyl (C=O) groups excluding carboxylic acids is 3. The third-order valence-electron chi connectivity index (χ3n) is 9.14. The summed E-state index contributed by atoms with van der Waals surface area (Å²) < 4.78 is 17.2. The van der Waals surface area contributed by atoms with E-state index in [0.717, 1.165) is 0 Å². The van der Waals surface area contributed by atoms with E-state index in [1.54, 1.807) is 11.8 Å². The van der Waals surface area contributed by atoms with Gasteiger partial charge in [0.1, 0.15) is 12.2 Å². The number of esters is 2. The van der Waals surface area contributed by atoms with E-state index in [2.05, 4.69) is 0 Å². The molecule has 1 saturated carbocycles. The predicted molar refractivity (Wildman–Crippen MR) is 140 cm³/mol. The molecule has 0 spiro atoms. The van der Waals surface area contributed by atoms with Crippen LogP contribution in [-0.2, 0) is 28.6 Å². The first-order chi connectivity index (χ1) is 18.1. The highest BCUT2D eigenvalue weighted by Crippen LogP contribution is 2.63. The van der Waals surface area contributed by atoms with Gasteiger partial charge in [-0.2, -0.15) is 0 Å². The molecule has 1 saturated heterocycles. The largest absolute Gasteiger partial charge is 0.504 e. The summed E-state index contributed by atoms with van der Waals surface area (Å²) in [6, 6.07) is 0. The predicted octanol–water partition coefficient (Wildman–Crippen LogP) is 2.35. The number of allylic oxidation sites excluding steroid dienone is 1. The molecule has 3 aliphatic carbocycles. The molecule has 1 aliphatic heterocycles. The number of ketones is 1. The van der Waals surface area contributed by atoms with Crippen molar-refractivity contribution in [1.29, 1.82) is 0 Å². The number of hydrogen-bond donors (Lipinski definition) is 3. The Morgan fingerprint density at radius 1 is 1.23 bits per heavy atom. The van der Waals surface area contributed by atoms with E-state index in [9.17, 15) is 29.7 Å². The van der Waals surface area contributed by atoms with Crippen LogP contribution in [0.1, 0.15) is 60.8 Å². The fourth-order valence-corrected chi connectivity index (χ4v) is 7.13. The molecule has 2 fully saturated rings. The van der Waals surface area contributed by atoms with Gasteiger partial charge in [0, 0.05) is 48.9 Å². The maximum Gasteiger partial charge on any atom is 0.340 e. The van der Waals surface area contributed by atoms with Gasteiger partial charge >= 0.3 is 11.9 Å². The number of aliphatic hydroxyl groups excluding tert-OH is 3. The molecule has 10 heteroatoms. The van der Waals surface area contributed by atoms with Crippen molar-refractivity contribution < 1.29 is 43.9 Å². The maximum absolute atomic E-state index is 14.1. The van der Waals surface area contributed by atoms with Crippen LogP contribution in [0.5, 0.6) is 0 Å². The van der Waals surface area contributed by atoms with Gasteiger partial charge in [-0.15, -0.1) is 0 Å². The van der Waals surface area contributed by atoms with Gasteiger partial charge in [0.2, 0.25) is 5.78 Å². The molecule has 0 radical (unpaired) electrons. The van der Waals surface area contributed by atoms with Crippen LogP contribution in [-0.4, -0.2) is 88.7 Å². The van der Waals surface area contributed by atoms with Crippen LogP contribution < -0.4 is 0 Å². The monoisotopic (exact) mass is 547 g/mol. The van der Waals surface area contributed by atoms with Gasteiger partial charge in [-0.05, 0) is 58.4 Å². The van der Waals surface area contributed by atoms with E-state index in [1.807, 2.05) is 27.7 Å². The topological polar surface area (TPSA) is 143 Å². The standard InChI is InChI=1S/C29H41NO9/c1-15(32)38-18-12-28(5)17(8-9-19(28)33)21-23(18)29(6)20(14-37-7)39-26(36)16(22(29)25(35)24(21)34)13-30(10-11-31)27(2,3)4/h13,17-20,31,33,35H,8-12,14H2,1-7H3/b16-13+/t17-,18+,19-,20+,28-,29-/m0/s1. The van der Waals surface area contributed by atoms with Gasteiger partial charge in [-0.25, -0.2) is 4.79 Å². The van der Waals surface area contributed by atoms with Crippen LogP contribution in [0.3, 0.4) is 0 Å². The fraction of sp³-hybridized carbons (Fsp3) is 0.690. The average molecular weight is 548 g/mol. The smallest absolute Gasteiger partial charge is 0.340 e. The first kappa shape index (κ1) is 29.3. The molecule has 6 atom stereocenters. The Kier molecular flexibility index (Phi) is 7.55. The number of ether oxygens (including phenoxy) is 3. The summed E-state index contributed by atoms with van der Waals surface area (Å²) in [5, 5.41) is 32.2. The van der Waals surface area contributed by atoms with Gasteiger partial charge in [-0.3, -0.25) is 9.59 Å². The van der Waals surface area contributed by atoms with Gasteiger partial charge in [-0.1, -0.05) is 6.92 Å². The second-order valence-electron chi connectivity index (χ2n) is 12.5. The quantitative estimate of drug-likeness (QED) is 0.335. The highest BCUT2D eigenvalue weighted by molar-refractivity contribution is 6.13. The lowest BCUT2D eigenvalue weighted by Crippen LogP contribution is -2.57. The highest BCUT2D eigenvalue weighted by Gasteiger charge is 2.64. The Morgan fingerprint density at radius 2 is 1.90 bits per heavy atom. The molecule has 4 aliphatic rings. The number of hydrogen-bond acceptors (Lipinski definition) is 10. The Balaban J connectivity index is 2.02. The minimum absolute atomic E-state index is 0.00741. The molecule has 0 aromatic carbocycles. The molecule has 216 valence electrons. The van der Waals surface area contributed by atoms with E-state index in [0.29, 0.717) is 24.0 Å². The second-order valence-corrected chi connectivity index (χ2v) is 12.5. The summed E-state index contributed by atoms with van der Waals surface area (Å²) >= 11 is 0. The van der Waals surface area contributed by atoms with Crippen molar-refractivity contribution in [3.8, 4) is 0 Å². The molecule has 39 heavy (non-hydrogen) atoms. The highest BCUT2D eigenvalue weighted by atomic mass is 16.6. The van der Waals surface area contributed by atoms with Gasteiger partial charge in [0.25, 0.3) is 0 Å². The number of rotatable bonds is 6. The Hall–Kier alpha value is -2.69. The lowest BCUT2D eigenvalue weighted by atomic mass is 9.53. The van der Waals surface area contributed by atoms with E-state index in [4.69, 9.17) is 14.2 Å². The SMILES string of the molecule is COC[C@H]1OC(=O)/C(=C/N(CCO)C(C)(C)C)C2=C(O)C(=O)C3=C([C@H](OC(C)=O)C[C@]4(C)[C@@H](O)CC[C@@H]34)[C@]21C. The maximum atomic E-state index is 14.1. The molecule has 10 nitrogen and oxygen atoms in total. The van der Waals surface area contributed by atoms with Crippen molar-refractivity contribution in [1.82, 2.24) is 4.90 Å². The van der Waals surface area contributed by atoms with Crippen molar-refractivity contribution in [2.45, 2.75) is 84.7 Å². The van der Waals surface area contributed by atoms with Crippen molar-refractivity contribution in [3.63, 3.8) is 0 Å². The molecule has 3 N–H and O–H groups in total. The molecule has 0 aromatic rings. The summed E-state index contributed by atoms with van der Waals surface area (Å²) in [5.74, 6) is -2.87. The number of fused-ring (bicyclic) bond motifs is 4. The van der Waals surface area contributed by atoms with Crippen LogP contribution in [0.4, 0.5) is 0 Å². The first-order valence-corrected chi connectivity index (χ1v) is 13.5. The lowest BCUT2D eigenvalue weighted by molar-refractivity contribution is -0.161. The third kappa shape index (κ3) is 4.50. The van der Waals surface area contributed by atoms with Crippen molar-refractivity contribution in [3.05, 3.63) is 34.3 Å². The number of aliphatic hydroxyl groups is 3. The second kappa shape index (κ2) is 10.1. The van der Waals surface area contributed by atoms with E-state index in [-0.39, 0.29) is 43.2 Å². The molecule has 1 heterocycles. The van der Waals surface area contributed by atoms with Crippen LogP contribution in [0.15, 0.2) is 34.3 Å². The van der Waals surface area contributed by atoms with Crippen molar-refractivity contribution in [2.24, 2.45) is 16.7 Å². The summed E-state index contributed by atoms with van der Waals surface area (Å²) in [6.45, 7) is 10.7. The molecule has 0 amide bonds. The minimum Gasteiger partial charge on any atom is -0.504 e. The van der Waals surface area contributed by atoms with E-state index in [1.165, 1.54) is 20.2 Å². The zero-order chi connectivity index (χ0) is 29.1. The van der Waals surface area contributed by atoms with Crippen molar-refractivity contribution >= 4 is 17.7 Å². The third-order valence-corrected chi connectivity index (χ3v) is 9.14. The van der Waals surface area contributed by atoms with E-state index >= 15 is 0 Å². The number of carbonyl (C=O) groups is 3. The zero-order valence-electron chi connectivity index (χ0n) is 23.9. The van der Waals surface area contributed by atoms with Crippen molar-refractivity contribution in [2.75, 3.05) is 26.9 Å². The molecular formula is C29H41NO9. The normalized spacial score (nSPS) is 35.5. The summed E-state index contributed by atoms with van der Waals surface area (Å²) in [4.78, 5) is 41.6. The van der Waals surface area contributed by atoms with Crippen LogP contribution >= 0.6 is 0 Å². The van der Waals surface area contributed by atoms with Gasteiger partial charge < -0.3 is 34.4 Å². The molecule has 0 unspecified atom stereocenters. The first-order valence-electron chi connectivity index (χ1n) is 13.5. The molecule has 0 aromatic heterocycles. The minimum atomic E-state index is -1.28. The molecule has 4 rings (SSSR count). The Bertz CT molecular complexity index is 1160. The van der Waals surface area contributed by atoms with Crippen LogP contribution in [0, 0.1) is 16.7 Å². The molecular weight excluding hydrogens is 506 g/mol. The number of β-amino-alcohol motifs (C(OH)–C–C–N with tert-alkyl or cyclic N) is 1. The van der Waals surface area contributed by atoms with Gasteiger partial charge in [0.05, 0.1) is 30.3 Å². The average Bonchev–Trinajstić information content (AvgIpc) is 3.12. The summed E-state index contributed by atoms with van der Waals surface area (Å²) in [6.07, 6.45) is 0.260.